The van der Waals surface area contributed by atoms with Gasteiger partial charge in [-0.3, -0.25) is 9.69 Å². The number of benzene rings is 1. The molecule has 3 rings (SSSR count). The third kappa shape index (κ3) is 4.15. The topological polar surface area (TPSA) is 36.0 Å². The van der Waals surface area contributed by atoms with E-state index < -0.39 is 0 Å². The highest BCUT2D eigenvalue weighted by atomic mass is 16.5. The fourth-order valence-electron chi connectivity index (χ4n) is 3.95. The van der Waals surface area contributed by atoms with Crippen molar-refractivity contribution < 1.29 is 9.53 Å². The largest absolute Gasteiger partial charge is 0.383 e. The summed E-state index contributed by atoms with van der Waals surface area (Å²) in [6.07, 6.45) is 2.44. The van der Waals surface area contributed by atoms with Crippen LogP contribution in [-0.4, -0.2) is 74.7 Å². The molecular formula is C20H31N3O2. The van der Waals surface area contributed by atoms with Crippen LogP contribution in [0.3, 0.4) is 0 Å². The van der Waals surface area contributed by atoms with Crippen LogP contribution in [0.25, 0.3) is 0 Å². The summed E-state index contributed by atoms with van der Waals surface area (Å²) in [5.41, 5.74) is 3.14. The van der Waals surface area contributed by atoms with E-state index in [0.717, 1.165) is 62.7 Å². The monoisotopic (exact) mass is 345 g/mol. The van der Waals surface area contributed by atoms with Crippen molar-refractivity contribution in [2.24, 2.45) is 0 Å². The summed E-state index contributed by atoms with van der Waals surface area (Å²) in [5.74, 6) is 0.184. The van der Waals surface area contributed by atoms with Gasteiger partial charge in [-0.15, -0.1) is 0 Å². The van der Waals surface area contributed by atoms with Gasteiger partial charge in [0.2, 0.25) is 0 Å². The minimum atomic E-state index is 0.184. The van der Waals surface area contributed by atoms with Gasteiger partial charge in [-0.25, -0.2) is 0 Å². The van der Waals surface area contributed by atoms with Gasteiger partial charge in [0.15, 0.2) is 0 Å². The fourth-order valence-corrected chi connectivity index (χ4v) is 3.95. The first-order valence-corrected chi connectivity index (χ1v) is 9.48. The third-order valence-corrected chi connectivity index (χ3v) is 5.46. The summed E-state index contributed by atoms with van der Waals surface area (Å²) in [6, 6.07) is 6.69. The van der Waals surface area contributed by atoms with Crippen LogP contribution in [-0.2, 0) is 4.74 Å². The van der Waals surface area contributed by atoms with Crippen molar-refractivity contribution in [3.63, 3.8) is 0 Å². The van der Waals surface area contributed by atoms with Crippen LogP contribution in [0.2, 0.25) is 0 Å². The van der Waals surface area contributed by atoms with E-state index in [1.54, 1.807) is 7.11 Å². The van der Waals surface area contributed by atoms with Crippen molar-refractivity contribution in [2.75, 3.05) is 57.9 Å². The Morgan fingerprint density at radius 3 is 2.64 bits per heavy atom. The number of ether oxygens (including phenoxy) is 1. The number of nitrogens with zero attached hydrogens (tertiary/aromatic N) is 3. The Morgan fingerprint density at radius 1 is 1.20 bits per heavy atom. The van der Waals surface area contributed by atoms with Gasteiger partial charge >= 0.3 is 0 Å². The van der Waals surface area contributed by atoms with Crippen LogP contribution >= 0.6 is 0 Å². The molecule has 1 unspecified atom stereocenters. The molecule has 0 radical (unpaired) electrons. The molecule has 138 valence electrons. The molecule has 5 heteroatoms. The van der Waals surface area contributed by atoms with Gasteiger partial charge in [0.1, 0.15) is 0 Å². The van der Waals surface area contributed by atoms with Gasteiger partial charge < -0.3 is 14.5 Å². The molecule has 25 heavy (non-hydrogen) atoms. The average molecular weight is 345 g/mol. The minimum absolute atomic E-state index is 0.184. The SMILES string of the molecule is COCCN1CCN(C(=O)c2cc(C)ccc2N2CCCC2)CC1C. The molecule has 0 bridgehead atoms. The lowest BCUT2D eigenvalue weighted by molar-refractivity contribution is 0.0435. The Labute approximate surface area is 151 Å². The number of methoxy groups -OCH3 is 1. The molecule has 0 aliphatic carbocycles. The van der Waals surface area contributed by atoms with Gasteiger partial charge in [-0.1, -0.05) is 11.6 Å². The van der Waals surface area contributed by atoms with Gasteiger partial charge in [-0.05, 0) is 38.8 Å². The number of hydrogen-bond acceptors (Lipinski definition) is 4. The standard InChI is InChI=1S/C20H31N3O2/c1-16-6-7-19(22-8-4-5-9-22)18(14-16)20(24)23-11-10-21(12-13-25-3)17(2)15-23/h6-7,14,17H,4-5,8-13,15H2,1-3H3. The number of piperazine rings is 1. The summed E-state index contributed by atoms with van der Waals surface area (Å²) >= 11 is 0. The van der Waals surface area contributed by atoms with E-state index in [1.807, 2.05) is 4.90 Å². The predicted molar refractivity (Wildman–Crippen MR) is 101 cm³/mol. The van der Waals surface area contributed by atoms with Gasteiger partial charge in [0.05, 0.1) is 12.2 Å². The molecule has 1 atom stereocenters. The second-order valence-electron chi connectivity index (χ2n) is 7.34. The van der Waals surface area contributed by atoms with E-state index in [-0.39, 0.29) is 5.91 Å². The highest BCUT2D eigenvalue weighted by molar-refractivity contribution is 6.00. The first-order valence-electron chi connectivity index (χ1n) is 9.48. The Bertz CT molecular complexity index is 599. The van der Waals surface area contributed by atoms with E-state index in [2.05, 4.69) is 41.8 Å². The van der Waals surface area contributed by atoms with Gasteiger partial charge in [-0.2, -0.15) is 0 Å². The molecule has 2 aliphatic rings. The van der Waals surface area contributed by atoms with Crippen molar-refractivity contribution in [2.45, 2.75) is 32.7 Å². The zero-order valence-electron chi connectivity index (χ0n) is 15.8. The van der Waals surface area contributed by atoms with E-state index in [0.29, 0.717) is 6.04 Å². The van der Waals surface area contributed by atoms with E-state index >= 15 is 0 Å². The summed E-state index contributed by atoms with van der Waals surface area (Å²) < 4.78 is 5.19. The molecule has 2 saturated heterocycles. The number of anilines is 1. The highest BCUT2D eigenvalue weighted by Gasteiger charge is 2.29. The van der Waals surface area contributed by atoms with Crippen molar-refractivity contribution >= 4 is 11.6 Å². The van der Waals surface area contributed by atoms with E-state index in [9.17, 15) is 4.79 Å². The molecule has 1 amide bonds. The lowest BCUT2D eigenvalue weighted by Crippen LogP contribution is -2.54. The lowest BCUT2D eigenvalue weighted by atomic mass is 10.1. The average Bonchev–Trinajstić information content (AvgIpc) is 3.14. The lowest BCUT2D eigenvalue weighted by Gasteiger charge is -2.40. The molecule has 0 spiro atoms. The van der Waals surface area contributed by atoms with E-state index in [1.165, 1.54) is 12.8 Å². The molecule has 0 aromatic heterocycles. The molecular weight excluding hydrogens is 314 g/mol. The number of carbonyl (C=O) groups is 1. The molecule has 0 saturated carbocycles. The summed E-state index contributed by atoms with van der Waals surface area (Å²) in [5, 5.41) is 0. The van der Waals surface area contributed by atoms with Crippen LogP contribution < -0.4 is 4.90 Å². The summed E-state index contributed by atoms with van der Waals surface area (Å²) in [4.78, 5) is 20.1. The summed E-state index contributed by atoms with van der Waals surface area (Å²) in [6.45, 7) is 10.6. The zero-order valence-corrected chi connectivity index (χ0v) is 15.8. The molecule has 1 aromatic rings. The smallest absolute Gasteiger partial charge is 0.256 e. The Kier molecular flexibility index (Phi) is 5.97. The highest BCUT2D eigenvalue weighted by Crippen LogP contribution is 2.27. The number of carbonyl (C=O) groups excluding carboxylic acids is 1. The van der Waals surface area contributed by atoms with E-state index in [4.69, 9.17) is 4.74 Å². The Morgan fingerprint density at radius 2 is 1.96 bits per heavy atom. The van der Waals surface area contributed by atoms with Gasteiger partial charge in [0.25, 0.3) is 5.91 Å². The number of amides is 1. The van der Waals surface area contributed by atoms with Crippen LogP contribution in [0.15, 0.2) is 18.2 Å². The number of hydrogen-bond donors (Lipinski definition) is 0. The predicted octanol–water partition coefficient (Wildman–Crippen LogP) is 2.39. The summed E-state index contributed by atoms with van der Waals surface area (Å²) in [7, 11) is 1.74. The molecule has 2 aliphatic heterocycles. The van der Waals surface area contributed by atoms with Crippen LogP contribution in [0.1, 0.15) is 35.7 Å². The Hall–Kier alpha value is -1.59. The van der Waals surface area contributed by atoms with Crippen molar-refractivity contribution in [3.8, 4) is 0 Å². The second kappa shape index (κ2) is 8.19. The van der Waals surface area contributed by atoms with Gasteiger partial charge in [0, 0.05) is 58.1 Å². The normalized spacial score (nSPS) is 21.8. The minimum Gasteiger partial charge on any atom is -0.383 e. The Balaban J connectivity index is 1.74. The quantitative estimate of drug-likeness (QED) is 0.821. The first-order chi connectivity index (χ1) is 12.1. The maximum atomic E-state index is 13.3. The van der Waals surface area contributed by atoms with Crippen molar-refractivity contribution in [3.05, 3.63) is 29.3 Å². The van der Waals surface area contributed by atoms with Crippen LogP contribution in [0.5, 0.6) is 0 Å². The number of aryl methyl sites for hydroxylation is 1. The molecule has 0 N–H and O–H groups in total. The molecule has 1 aromatic carbocycles. The van der Waals surface area contributed by atoms with Crippen LogP contribution in [0, 0.1) is 6.92 Å². The zero-order chi connectivity index (χ0) is 17.8. The van der Waals surface area contributed by atoms with Crippen LogP contribution in [0.4, 0.5) is 5.69 Å². The maximum absolute atomic E-state index is 13.3. The molecule has 2 fully saturated rings. The molecule has 2 heterocycles. The fraction of sp³-hybridized carbons (Fsp3) is 0.650. The number of rotatable bonds is 5. The maximum Gasteiger partial charge on any atom is 0.256 e. The third-order valence-electron chi connectivity index (χ3n) is 5.46. The molecule has 5 nitrogen and oxygen atoms in total. The first kappa shape index (κ1) is 18.2. The van der Waals surface area contributed by atoms with Crippen molar-refractivity contribution in [1.29, 1.82) is 0 Å². The second-order valence-corrected chi connectivity index (χ2v) is 7.34. The van der Waals surface area contributed by atoms with Crippen molar-refractivity contribution in [1.82, 2.24) is 9.80 Å².